The molecule has 0 saturated heterocycles. The van der Waals surface area contributed by atoms with Crippen molar-refractivity contribution in [1.29, 1.82) is 0 Å². The third kappa shape index (κ3) is 4.74. The van der Waals surface area contributed by atoms with Gasteiger partial charge in [0.15, 0.2) is 11.5 Å². The Morgan fingerprint density at radius 1 is 1.00 bits per heavy atom. The molecule has 11 heteroatoms. The van der Waals surface area contributed by atoms with Gasteiger partial charge in [-0.1, -0.05) is 24.3 Å². The van der Waals surface area contributed by atoms with Crippen molar-refractivity contribution in [2.75, 3.05) is 7.11 Å². The lowest BCUT2D eigenvalue weighted by molar-refractivity contribution is -0.140. The van der Waals surface area contributed by atoms with Gasteiger partial charge in [0.1, 0.15) is 11.5 Å². The lowest BCUT2D eigenvalue weighted by Gasteiger charge is -2.13. The topological polar surface area (TPSA) is 87.7 Å². The number of imidazole rings is 1. The number of alkyl halides is 3. The number of hydrogen-bond donors (Lipinski definition) is 0. The normalized spacial score (nSPS) is 11.9. The largest absolute Gasteiger partial charge is 0.480 e. The lowest BCUT2D eigenvalue weighted by Crippen LogP contribution is -2.21. The monoisotopic (exact) mass is 520 g/mol. The molecule has 0 saturated carbocycles. The molecule has 8 nitrogen and oxygen atoms in total. The second-order valence-electron chi connectivity index (χ2n) is 8.94. The fraction of sp³-hybridized carbons (Fsp3) is 0.222. The molecular formula is C27H23F3N6O2. The van der Waals surface area contributed by atoms with Crippen molar-refractivity contribution < 1.29 is 17.9 Å². The van der Waals surface area contributed by atoms with E-state index >= 15 is 0 Å². The van der Waals surface area contributed by atoms with Gasteiger partial charge in [-0.15, -0.1) is 0 Å². The summed E-state index contributed by atoms with van der Waals surface area (Å²) >= 11 is 0. The zero-order chi connectivity index (χ0) is 27.0. The zero-order valence-corrected chi connectivity index (χ0v) is 20.8. The maximum Gasteiger partial charge on any atom is 0.434 e. The highest BCUT2D eigenvalue weighted by molar-refractivity contribution is 5.77. The molecule has 0 aliphatic rings. The quantitative estimate of drug-likeness (QED) is 0.299. The second-order valence-corrected chi connectivity index (χ2v) is 8.94. The summed E-state index contributed by atoms with van der Waals surface area (Å²) in [5.41, 5.74) is 1.13. The fourth-order valence-electron chi connectivity index (χ4n) is 4.16. The number of hydrogen-bond acceptors (Lipinski definition) is 6. The maximum absolute atomic E-state index is 13.3. The van der Waals surface area contributed by atoms with Gasteiger partial charge in [0, 0.05) is 41.6 Å². The summed E-state index contributed by atoms with van der Waals surface area (Å²) in [5, 5.41) is 0.673. The second kappa shape index (κ2) is 9.73. The van der Waals surface area contributed by atoms with E-state index in [0.717, 1.165) is 11.8 Å². The van der Waals surface area contributed by atoms with Gasteiger partial charge in [-0.3, -0.25) is 9.36 Å². The number of rotatable bonds is 6. The smallest absolute Gasteiger partial charge is 0.434 e. The van der Waals surface area contributed by atoms with Gasteiger partial charge in [0.2, 0.25) is 5.88 Å². The molecule has 38 heavy (non-hydrogen) atoms. The molecule has 0 fully saturated rings. The van der Waals surface area contributed by atoms with Crippen LogP contribution in [0.5, 0.6) is 5.88 Å². The van der Waals surface area contributed by atoms with Gasteiger partial charge in [0.25, 0.3) is 5.56 Å². The van der Waals surface area contributed by atoms with Gasteiger partial charge >= 0.3 is 6.18 Å². The summed E-state index contributed by atoms with van der Waals surface area (Å²) in [5.74, 6) is 0.947. The minimum atomic E-state index is -4.54. The summed E-state index contributed by atoms with van der Waals surface area (Å²) < 4.78 is 48.2. The first-order valence-corrected chi connectivity index (χ1v) is 11.8. The average Bonchev–Trinajstić information content (AvgIpc) is 3.37. The van der Waals surface area contributed by atoms with E-state index in [1.54, 1.807) is 68.7 Å². The molecular weight excluding hydrogens is 497 g/mol. The van der Waals surface area contributed by atoms with E-state index in [-0.39, 0.29) is 24.0 Å². The van der Waals surface area contributed by atoms with E-state index in [1.165, 1.54) is 22.3 Å². The fourth-order valence-corrected chi connectivity index (χ4v) is 4.16. The number of methoxy groups -OCH3 is 1. The highest BCUT2D eigenvalue weighted by atomic mass is 19.4. The first-order chi connectivity index (χ1) is 18.2. The van der Waals surface area contributed by atoms with Crippen molar-refractivity contribution >= 4 is 11.0 Å². The van der Waals surface area contributed by atoms with Gasteiger partial charge < -0.3 is 9.30 Å². The lowest BCUT2D eigenvalue weighted by atomic mass is 10.1. The minimum absolute atomic E-state index is 0.198. The summed E-state index contributed by atoms with van der Waals surface area (Å²) in [6.45, 7) is 3.79. The number of aromatic nitrogens is 6. The van der Waals surface area contributed by atoms with E-state index in [0.29, 0.717) is 33.9 Å². The number of fused-ring (bicyclic) bond motifs is 1. The Morgan fingerprint density at radius 3 is 2.45 bits per heavy atom. The molecule has 0 atom stereocenters. The van der Waals surface area contributed by atoms with Crippen LogP contribution in [0.25, 0.3) is 33.8 Å². The van der Waals surface area contributed by atoms with E-state index in [2.05, 4.69) is 19.9 Å². The summed E-state index contributed by atoms with van der Waals surface area (Å²) in [6.07, 6.45) is -0.281. The molecule has 0 aliphatic heterocycles. The SMILES string of the molecule is COc1ncccc1-c1ncc2ccc(=O)n(Cc3ccc(-c4nc(C(F)(F)F)cn4C(C)C)cc3)c2n1. The van der Waals surface area contributed by atoms with Crippen molar-refractivity contribution in [3.05, 3.63) is 88.7 Å². The third-order valence-electron chi connectivity index (χ3n) is 6.06. The molecule has 1 aromatic carbocycles. The Labute approximate surface area is 215 Å². The standard InChI is InChI=1S/C27H23F3N6O2/c1-16(2)35-15-21(27(28,29)30)33-24(35)18-8-6-17(7-9-18)14-36-22(37)11-10-19-13-32-23(34-25(19)36)20-5-4-12-31-26(20)38-3/h4-13,15-16H,14H2,1-3H3. The van der Waals surface area contributed by atoms with Crippen molar-refractivity contribution in [1.82, 2.24) is 29.1 Å². The van der Waals surface area contributed by atoms with Crippen LogP contribution in [-0.2, 0) is 12.7 Å². The molecule has 0 amide bonds. The Hall–Kier alpha value is -4.54. The number of nitrogens with zero attached hydrogens (tertiary/aromatic N) is 6. The first kappa shape index (κ1) is 25.1. The Bertz CT molecular complexity index is 1670. The summed E-state index contributed by atoms with van der Waals surface area (Å²) in [7, 11) is 1.50. The first-order valence-electron chi connectivity index (χ1n) is 11.8. The number of ether oxygens (including phenoxy) is 1. The number of benzene rings is 1. The van der Waals surface area contributed by atoms with Crippen LogP contribution >= 0.6 is 0 Å². The average molecular weight is 521 g/mol. The Morgan fingerprint density at radius 2 is 1.76 bits per heavy atom. The predicted octanol–water partition coefficient (Wildman–Crippen LogP) is 5.37. The summed E-state index contributed by atoms with van der Waals surface area (Å²) in [6, 6.07) is 13.3. The third-order valence-corrected chi connectivity index (χ3v) is 6.06. The van der Waals surface area contributed by atoms with Gasteiger partial charge in [-0.05, 0) is 37.6 Å². The van der Waals surface area contributed by atoms with E-state index in [4.69, 9.17) is 4.74 Å². The maximum atomic E-state index is 13.3. The molecule has 5 rings (SSSR count). The van der Waals surface area contributed by atoms with Gasteiger partial charge in [0.05, 0.1) is 19.2 Å². The van der Waals surface area contributed by atoms with E-state index < -0.39 is 11.9 Å². The molecule has 4 heterocycles. The van der Waals surface area contributed by atoms with E-state index in [1.807, 2.05) is 0 Å². The molecule has 5 aromatic rings. The Kier molecular flexibility index (Phi) is 6.43. The predicted molar refractivity (Wildman–Crippen MR) is 136 cm³/mol. The van der Waals surface area contributed by atoms with Crippen molar-refractivity contribution in [2.24, 2.45) is 0 Å². The van der Waals surface area contributed by atoms with Crippen LogP contribution in [0.1, 0.15) is 31.1 Å². The van der Waals surface area contributed by atoms with Crippen LogP contribution in [0.2, 0.25) is 0 Å². The van der Waals surface area contributed by atoms with Gasteiger partial charge in [-0.25, -0.2) is 19.9 Å². The molecule has 0 spiro atoms. The number of pyridine rings is 2. The highest BCUT2D eigenvalue weighted by Crippen LogP contribution is 2.32. The zero-order valence-electron chi connectivity index (χ0n) is 20.8. The van der Waals surface area contributed by atoms with Crippen LogP contribution in [-0.4, -0.2) is 36.2 Å². The van der Waals surface area contributed by atoms with Gasteiger partial charge in [-0.2, -0.15) is 13.2 Å². The van der Waals surface area contributed by atoms with Crippen LogP contribution in [0, 0.1) is 0 Å². The molecule has 0 radical (unpaired) electrons. The minimum Gasteiger partial charge on any atom is -0.480 e. The van der Waals surface area contributed by atoms with Crippen molar-refractivity contribution in [2.45, 2.75) is 32.6 Å². The van der Waals surface area contributed by atoms with Crippen molar-refractivity contribution in [3.63, 3.8) is 0 Å². The van der Waals surface area contributed by atoms with Crippen molar-refractivity contribution in [3.8, 4) is 28.7 Å². The van der Waals surface area contributed by atoms with E-state index in [9.17, 15) is 18.0 Å². The molecule has 0 bridgehead atoms. The highest BCUT2D eigenvalue weighted by Gasteiger charge is 2.35. The Balaban J connectivity index is 1.52. The summed E-state index contributed by atoms with van der Waals surface area (Å²) in [4.78, 5) is 29.9. The molecule has 194 valence electrons. The van der Waals surface area contributed by atoms with Crippen LogP contribution < -0.4 is 10.3 Å². The molecule has 4 aromatic heterocycles. The molecule has 0 N–H and O–H groups in total. The van der Waals surface area contributed by atoms with Crippen LogP contribution in [0.4, 0.5) is 13.2 Å². The number of halogens is 3. The molecule has 0 aliphatic carbocycles. The van der Waals surface area contributed by atoms with Crippen LogP contribution in [0.3, 0.4) is 0 Å². The molecule has 0 unspecified atom stereocenters. The van der Waals surface area contributed by atoms with Crippen LogP contribution in [0.15, 0.2) is 71.9 Å².